The minimum Gasteiger partial charge on any atom is -0.465 e. The molecule has 0 aromatic heterocycles. The molecular formula is C12H15NO. The molecule has 1 aliphatic heterocycles. The molecule has 1 aromatic carbocycles. The number of hydrogen-bond donors (Lipinski definition) is 1. The Morgan fingerprint density at radius 2 is 2.14 bits per heavy atom. The standard InChI is InChI=1S/C12H15NO/c1-8(2)9-3-4-12-10(7-9)11(13)5-6-14-12/h3-8,11H,13H2,1-2H3/t11-/m0/s1. The van der Waals surface area contributed by atoms with Crippen LogP contribution in [0.25, 0.3) is 0 Å². The fraction of sp³-hybridized carbons (Fsp3) is 0.333. The van der Waals surface area contributed by atoms with E-state index in [0.29, 0.717) is 5.92 Å². The quantitative estimate of drug-likeness (QED) is 0.737. The average molecular weight is 189 g/mol. The van der Waals surface area contributed by atoms with Gasteiger partial charge in [-0.25, -0.2) is 0 Å². The van der Waals surface area contributed by atoms with Gasteiger partial charge in [0.2, 0.25) is 0 Å². The van der Waals surface area contributed by atoms with Crippen molar-refractivity contribution >= 4 is 0 Å². The smallest absolute Gasteiger partial charge is 0.131 e. The Balaban J connectivity index is 2.44. The van der Waals surface area contributed by atoms with Crippen molar-refractivity contribution in [3.8, 4) is 5.75 Å². The molecule has 0 fully saturated rings. The molecule has 14 heavy (non-hydrogen) atoms. The third-order valence-corrected chi connectivity index (χ3v) is 2.54. The fourth-order valence-corrected chi connectivity index (χ4v) is 1.59. The molecule has 0 bridgehead atoms. The SMILES string of the molecule is CC(C)c1ccc2c(c1)[C@@H](N)C=CO2. The van der Waals surface area contributed by atoms with Gasteiger partial charge in [-0.05, 0) is 29.7 Å². The van der Waals surface area contributed by atoms with Gasteiger partial charge in [-0.2, -0.15) is 0 Å². The summed E-state index contributed by atoms with van der Waals surface area (Å²) >= 11 is 0. The summed E-state index contributed by atoms with van der Waals surface area (Å²) in [6.45, 7) is 4.35. The summed E-state index contributed by atoms with van der Waals surface area (Å²) in [4.78, 5) is 0. The van der Waals surface area contributed by atoms with Crippen LogP contribution in [0.3, 0.4) is 0 Å². The molecule has 2 nitrogen and oxygen atoms in total. The van der Waals surface area contributed by atoms with E-state index in [2.05, 4.69) is 26.0 Å². The zero-order valence-electron chi connectivity index (χ0n) is 8.53. The number of nitrogens with two attached hydrogens (primary N) is 1. The van der Waals surface area contributed by atoms with Gasteiger partial charge in [0.15, 0.2) is 0 Å². The van der Waals surface area contributed by atoms with Crippen LogP contribution in [0.15, 0.2) is 30.5 Å². The average Bonchev–Trinajstić information content (AvgIpc) is 2.18. The van der Waals surface area contributed by atoms with E-state index in [4.69, 9.17) is 10.5 Å². The second-order valence-electron chi connectivity index (χ2n) is 3.92. The maximum Gasteiger partial charge on any atom is 0.131 e. The predicted octanol–water partition coefficient (Wildman–Crippen LogP) is 2.72. The molecule has 1 heterocycles. The van der Waals surface area contributed by atoms with E-state index < -0.39 is 0 Å². The third kappa shape index (κ3) is 1.53. The van der Waals surface area contributed by atoms with E-state index in [1.165, 1.54) is 5.56 Å². The molecule has 0 unspecified atom stereocenters. The summed E-state index contributed by atoms with van der Waals surface area (Å²) in [5.74, 6) is 1.41. The molecule has 74 valence electrons. The maximum atomic E-state index is 5.95. The minimum atomic E-state index is -0.0301. The van der Waals surface area contributed by atoms with E-state index >= 15 is 0 Å². The van der Waals surface area contributed by atoms with Crippen LogP contribution in [-0.2, 0) is 0 Å². The van der Waals surface area contributed by atoms with Crippen molar-refractivity contribution in [3.05, 3.63) is 41.7 Å². The largest absolute Gasteiger partial charge is 0.465 e. The van der Waals surface area contributed by atoms with E-state index in [9.17, 15) is 0 Å². The van der Waals surface area contributed by atoms with E-state index in [1.54, 1.807) is 6.26 Å². The number of ether oxygens (including phenoxy) is 1. The Bertz CT molecular complexity index is 369. The van der Waals surface area contributed by atoms with Crippen LogP contribution in [0.1, 0.15) is 36.9 Å². The summed E-state index contributed by atoms with van der Waals surface area (Å²) in [5, 5.41) is 0. The van der Waals surface area contributed by atoms with Crippen molar-refractivity contribution in [3.63, 3.8) is 0 Å². The Labute approximate surface area is 84.4 Å². The lowest BCUT2D eigenvalue weighted by atomic mass is 9.96. The van der Waals surface area contributed by atoms with Gasteiger partial charge in [0.25, 0.3) is 0 Å². The minimum absolute atomic E-state index is 0.0301. The van der Waals surface area contributed by atoms with Gasteiger partial charge in [-0.3, -0.25) is 0 Å². The molecule has 0 amide bonds. The highest BCUT2D eigenvalue weighted by molar-refractivity contribution is 5.43. The normalized spacial score (nSPS) is 19.3. The predicted molar refractivity (Wildman–Crippen MR) is 57.2 cm³/mol. The Hall–Kier alpha value is -1.28. The molecule has 1 aliphatic rings. The van der Waals surface area contributed by atoms with Gasteiger partial charge in [0.05, 0.1) is 12.3 Å². The van der Waals surface area contributed by atoms with Crippen molar-refractivity contribution in [1.82, 2.24) is 0 Å². The van der Waals surface area contributed by atoms with Crippen LogP contribution in [0.4, 0.5) is 0 Å². The molecule has 2 rings (SSSR count). The Morgan fingerprint density at radius 1 is 1.36 bits per heavy atom. The van der Waals surface area contributed by atoms with Crippen molar-refractivity contribution in [2.75, 3.05) is 0 Å². The summed E-state index contributed by atoms with van der Waals surface area (Å²) in [5.41, 5.74) is 8.33. The fourth-order valence-electron chi connectivity index (χ4n) is 1.59. The van der Waals surface area contributed by atoms with Crippen LogP contribution in [-0.4, -0.2) is 0 Å². The first-order chi connectivity index (χ1) is 6.68. The number of benzene rings is 1. The lowest BCUT2D eigenvalue weighted by molar-refractivity contribution is 0.454. The monoisotopic (exact) mass is 189 g/mol. The van der Waals surface area contributed by atoms with Crippen molar-refractivity contribution < 1.29 is 4.74 Å². The number of hydrogen-bond acceptors (Lipinski definition) is 2. The van der Waals surface area contributed by atoms with Gasteiger partial charge < -0.3 is 10.5 Å². The highest BCUT2D eigenvalue weighted by Gasteiger charge is 2.14. The summed E-state index contributed by atoms with van der Waals surface area (Å²) in [6, 6.07) is 6.19. The molecule has 1 atom stereocenters. The molecule has 2 heteroatoms. The lowest BCUT2D eigenvalue weighted by Crippen LogP contribution is -2.12. The third-order valence-electron chi connectivity index (χ3n) is 2.54. The molecule has 2 N–H and O–H groups in total. The molecular weight excluding hydrogens is 174 g/mol. The van der Waals surface area contributed by atoms with Crippen molar-refractivity contribution in [1.29, 1.82) is 0 Å². The Morgan fingerprint density at radius 3 is 2.86 bits per heavy atom. The molecule has 1 aromatic rings. The molecule has 0 spiro atoms. The summed E-state index contributed by atoms with van der Waals surface area (Å²) in [6.07, 6.45) is 3.52. The van der Waals surface area contributed by atoms with Crippen LogP contribution < -0.4 is 10.5 Å². The highest BCUT2D eigenvalue weighted by atomic mass is 16.5. The topological polar surface area (TPSA) is 35.2 Å². The van der Waals surface area contributed by atoms with Crippen molar-refractivity contribution in [2.45, 2.75) is 25.8 Å². The van der Waals surface area contributed by atoms with Crippen LogP contribution in [0.5, 0.6) is 5.75 Å². The second kappa shape index (κ2) is 3.46. The maximum absolute atomic E-state index is 5.95. The number of rotatable bonds is 1. The highest BCUT2D eigenvalue weighted by Crippen LogP contribution is 2.31. The van der Waals surface area contributed by atoms with Gasteiger partial charge in [0, 0.05) is 5.56 Å². The molecule has 0 aliphatic carbocycles. The zero-order valence-corrected chi connectivity index (χ0v) is 8.53. The van der Waals surface area contributed by atoms with Crippen LogP contribution in [0, 0.1) is 0 Å². The lowest BCUT2D eigenvalue weighted by Gasteiger charge is -2.19. The number of fused-ring (bicyclic) bond motifs is 1. The second-order valence-corrected chi connectivity index (χ2v) is 3.92. The summed E-state index contributed by atoms with van der Waals surface area (Å²) < 4.78 is 5.37. The first kappa shape index (κ1) is 9.28. The zero-order chi connectivity index (χ0) is 10.1. The molecule has 0 saturated carbocycles. The van der Waals surface area contributed by atoms with Crippen LogP contribution in [0.2, 0.25) is 0 Å². The van der Waals surface area contributed by atoms with E-state index in [0.717, 1.165) is 11.3 Å². The summed E-state index contributed by atoms with van der Waals surface area (Å²) in [7, 11) is 0. The van der Waals surface area contributed by atoms with Gasteiger partial charge in [-0.1, -0.05) is 19.9 Å². The first-order valence-corrected chi connectivity index (χ1v) is 4.91. The van der Waals surface area contributed by atoms with Crippen molar-refractivity contribution in [2.24, 2.45) is 5.73 Å². The van der Waals surface area contributed by atoms with Crippen LogP contribution >= 0.6 is 0 Å². The van der Waals surface area contributed by atoms with E-state index in [1.807, 2.05) is 12.1 Å². The van der Waals surface area contributed by atoms with E-state index in [-0.39, 0.29) is 6.04 Å². The van der Waals surface area contributed by atoms with Gasteiger partial charge >= 0.3 is 0 Å². The molecule has 0 radical (unpaired) electrons. The molecule has 0 saturated heterocycles. The first-order valence-electron chi connectivity index (χ1n) is 4.91. The van der Waals surface area contributed by atoms with Gasteiger partial charge in [-0.15, -0.1) is 0 Å². The Kier molecular flexibility index (Phi) is 2.30. The van der Waals surface area contributed by atoms with Gasteiger partial charge in [0.1, 0.15) is 5.75 Å².